The van der Waals surface area contributed by atoms with Crippen molar-refractivity contribution in [2.75, 3.05) is 18.4 Å². The van der Waals surface area contributed by atoms with E-state index < -0.39 is 5.60 Å². The fraction of sp³-hybridized carbons (Fsp3) is 0.750. The molecule has 0 aromatic carbocycles. The molecule has 6 nitrogen and oxygen atoms in total. The molecular formula is C20H31ClN4O2. The standard InChI is InChI=1S/C20H31ClN4O2/c1-19(2,3)15-9-16(23-24-17(15)21)22-14-7-12-10-25(11-13(12)8-14)18(26)27-20(4,5)6/h9,12-14H,7-8,10-11H2,1-6H3,(H,22,23)/t12-,13+,14?. The van der Waals surface area contributed by atoms with E-state index in [1.807, 2.05) is 31.7 Å². The highest BCUT2D eigenvalue weighted by atomic mass is 35.5. The van der Waals surface area contributed by atoms with E-state index >= 15 is 0 Å². The van der Waals surface area contributed by atoms with E-state index in [0.717, 1.165) is 37.3 Å². The molecule has 3 atom stereocenters. The Hall–Kier alpha value is -1.56. The first-order valence-corrected chi connectivity index (χ1v) is 10.1. The van der Waals surface area contributed by atoms with E-state index in [-0.39, 0.29) is 11.5 Å². The minimum absolute atomic E-state index is 0.0798. The Labute approximate surface area is 167 Å². The minimum Gasteiger partial charge on any atom is -0.444 e. The lowest BCUT2D eigenvalue weighted by Gasteiger charge is -2.25. The van der Waals surface area contributed by atoms with Crippen molar-refractivity contribution >= 4 is 23.5 Å². The molecule has 2 heterocycles. The Morgan fingerprint density at radius 1 is 1.15 bits per heavy atom. The van der Waals surface area contributed by atoms with E-state index in [2.05, 4.69) is 36.3 Å². The first-order chi connectivity index (χ1) is 12.4. The Morgan fingerprint density at radius 3 is 2.26 bits per heavy atom. The molecule has 27 heavy (non-hydrogen) atoms. The first-order valence-electron chi connectivity index (χ1n) is 9.70. The molecule has 1 aliphatic carbocycles. The monoisotopic (exact) mass is 394 g/mol. The zero-order valence-corrected chi connectivity index (χ0v) is 17.9. The highest BCUT2D eigenvalue weighted by Gasteiger charge is 2.43. The fourth-order valence-electron chi connectivity index (χ4n) is 4.08. The Morgan fingerprint density at radius 2 is 1.74 bits per heavy atom. The van der Waals surface area contributed by atoms with Crippen molar-refractivity contribution in [3.63, 3.8) is 0 Å². The third kappa shape index (κ3) is 4.84. The van der Waals surface area contributed by atoms with Crippen LogP contribution < -0.4 is 5.32 Å². The largest absolute Gasteiger partial charge is 0.444 e. The topological polar surface area (TPSA) is 67.3 Å². The maximum absolute atomic E-state index is 12.3. The lowest BCUT2D eigenvalue weighted by atomic mass is 9.88. The van der Waals surface area contributed by atoms with Gasteiger partial charge in [0, 0.05) is 24.7 Å². The molecule has 1 aromatic rings. The molecule has 7 heteroatoms. The van der Waals surface area contributed by atoms with E-state index in [1.165, 1.54) is 0 Å². The molecule has 0 spiro atoms. The predicted octanol–water partition coefficient (Wildman–Crippen LogP) is 4.48. The second kappa shape index (κ2) is 7.12. The SMILES string of the molecule is CC(C)(C)OC(=O)N1C[C@H]2CC(Nc3cc(C(C)(C)C)c(Cl)nn3)C[C@H]2C1. The number of likely N-dealkylation sites (tertiary alicyclic amines) is 1. The third-order valence-electron chi connectivity index (χ3n) is 5.31. The van der Waals surface area contributed by atoms with Crippen molar-refractivity contribution in [1.82, 2.24) is 15.1 Å². The number of carbonyl (C=O) groups is 1. The van der Waals surface area contributed by atoms with Gasteiger partial charge in [0.15, 0.2) is 5.15 Å². The van der Waals surface area contributed by atoms with E-state index in [4.69, 9.17) is 16.3 Å². The molecule has 1 aromatic heterocycles. The molecule has 2 aliphatic rings. The van der Waals surface area contributed by atoms with Gasteiger partial charge < -0.3 is 15.0 Å². The summed E-state index contributed by atoms with van der Waals surface area (Å²) in [7, 11) is 0. The molecule has 3 rings (SSSR count). The summed E-state index contributed by atoms with van der Waals surface area (Å²) in [5.41, 5.74) is 0.469. The summed E-state index contributed by atoms with van der Waals surface area (Å²) in [6.45, 7) is 13.6. The van der Waals surface area contributed by atoms with Crippen LogP contribution in [0, 0.1) is 11.8 Å². The molecule has 0 bridgehead atoms. The molecule has 1 N–H and O–H groups in total. The van der Waals surface area contributed by atoms with Crippen LogP contribution in [0.2, 0.25) is 5.15 Å². The summed E-state index contributed by atoms with van der Waals surface area (Å²) in [5.74, 6) is 1.80. The first kappa shape index (κ1) is 20.2. The fourth-order valence-corrected chi connectivity index (χ4v) is 4.45. The highest BCUT2D eigenvalue weighted by Crippen LogP contribution is 2.40. The summed E-state index contributed by atoms with van der Waals surface area (Å²) in [4.78, 5) is 14.1. The Kier molecular flexibility index (Phi) is 5.32. The van der Waals surface area contributed by atoms with Gasteiger partial charge in [0.1, 0.15) is 11.4 Å². The maximum atomic E-state index is 12.3. The van der Waals surface area contributed by atoms with Gasteiger partial charge in [0.2, 0.25) is 0 Å². The van der Waals surface area contributed by atoms with Crippen LogP contribution in [0.3, 0.4) is 0 Å². The van der Waals surface area contributed by atoms with Crippen molar-refractivity contribution in [3.8, 4) is 0 Å². The van der Waals surface area contributed by atoms with Gasteiger partial charge in [-0.3, -0.25) is 0 Å². The maximum Gasteiger partial charge on any atom is 0.410 e. The number of carbonyl (C=O) groups excluding carboxylic acids is 1. The smallest absolute Gasteiger partial charge is 0.410 e. The van der Waals surface area contributed by atoms with Crippen LogP contribution in [0.25, 0.3) is 0 Å². The van der Waals surface area contributed by atoms with Gasteiger partial charge >= 0.3 is 6.09 Å². The number of anilines is 1. The lowest BCUT2D eigenvalue weighted by Crippen LogP contribution is -2.36. The number of hydrogen-bond acceptors (Lipinski definition) is 5. The van der Waals surface area contributed by atoms with Crippen LogP contribution in [0.1, 0.15) is 59.9 Å². The van der Waals surface area contributed by atoms with E-state index in [1.54, 1.807) is 0 Å². The summed E-state index contributed by atoms with van der Waals surface area (Å²) >= 11 is 6.22. The van der Waals surface area contributed by atoms with Gasteiger partial charge in [0.05, 0.1) is 0 Å². The highest BCUT2D eigenvalue weighted by molar-refractivity contribution is 6.30. The lowest BCUT2D eigenvalue weighted by molar-refractivity contribution is 0.0280. The second-order valence-corrected chi connectivity index (χ2v) is 10.3. The van der Waals surface area contributed by atoms with Gasteiger partial charge in [-0.25, -0.2) is 4.79 Å². The van der Waals surface area contributed by atoms with Crippen LogP contribution in [0.15, 0.2) is 6.07 Å². The molecule has 1 unspecified atom stereocenters. The Bertz CT molecular complexity index is 697. The summed E-state index contributed by atoms with van der Waals surface area (Å²) in [6.07, 6.45) is 1.86. The van der Waals surface area contributed by atoms with Gasteiger partial charge in [-0.2, -0.15) is 0 Å². The number of halogens is 1. The molecule has 150 valence electrons. The van der Waals surface area contributed by atoms with Crippen LogP contribution in [0.5, 0.6) is 0 Å². The molecule has 1 saturated carbocycles. The van der Waals surface area contributed by atoms with E-state index in [9.17, 15) is 4.79 Å². The molecule has 1 amide bonds. The summed E-state index contributed by atoms with van der Waals surface area (Å²) in [5, 5.41) is 12.3. The number of rotatable bonds is 2. The van der Waals surface area contributed by atoms with Crippen LogP contribution in [-0.4, -0.2) is 45.9 Å². The molecular weight excluding hydrogens is 364 g/mol. The molecule has 2 fully saturated rings. The van der Waals surface area contributed by atoms with Crippen LogP contribution in [-0.2, 0) is 10.2 Å². The van der Waals surface area contributed by atoms with Crippen molar-refractivity contribution in [2.24, 2.45) is 11.8 Å². The summed E-state index contributed by atoms with van der Waals surface area (Å²) in [6, 6.07) is 2.36. The van der Waals surface area contributed by atoms with Gasteiger partial charge in [-0.1, -0.05) is 32.4 Å². The Balaban J connectivity index is 1.58. The zero-order valence-electron chi connectivity index (χ0n) is 17.2. The normalized spacial score (nSPS) is 25.4. The average molecular weight is 395 g/mol. The summed E-state index contributed by atoms with van der Waals surface area (Å²) < 4.78 is 5.51. The quantitative estimate of drug-likeness (QED) is 0.800. The third-order valence-corrected chi connectivity index (χ3v) is 5.59. The number of nitrogens with zero attached hydrogens (tertiary/aromatic N) is 3. The molecule has 1 saturated heterocycles. The molecule has 0 radical (unpaired) electrons. The number of amides is 1. The average Bonchev–Trinajstić information content (AvgIpc) is 3.04. The van der Waals surface area contributed by atoms with Gasteiger partial charge in [0.25, 0.3) is 0 Å². The minimum atomic E-state index is -0.448. The number of hydrogen-bond donors (Lipinski definition) is 1. The number of ether oxygens (including phenoxy) is 1. The van der Waals surface area contributed by atoms with E-state index in [0.29, 0.717) is 23.0 Å². The molecule has 1 aliphatic heterocycles. The van der Waals surface area contributed by atoms with Crippen molar-refractivity contribution in [3.05, 3.63) is 16.8 Å². The zero-order chi connectivity index (χ0) is 20.0. The number of fused-ring (bicyclic) bond motifs is 1. The van der Waals surface area contributed by atoms with Crippen LogP contribution >= 0.6 is 11.6 Å². The van der Waals surface area contributed by atoms with Gasteiger partial charge in [-0.15, -0.1) is 10.2 Å². The van der Waals surface area contributed by atoms with Crippen molar-refractivity contribution < 1.29 is 9.53 Å². The predicted molar refractivity (Wildman–Crippen MR) is 107 cm³/mol. The van der Waals surface area contributed by atoms with Crippen molar-refractivity contribution in [2.45, 2.75) is 71.4 Å². The van der Waals surface area contributed by atoms with Gasteiger partial charge in [-0.05, 0) is 56.9 Å². The second-order valence-electron chi connectivity index (χ2n) is 9.90. The van der Waals surface area contributed by atoms with Crippen molar-refractivity contribution in [1.29, 1.82) is 0 Å². The van der Waals surface area contributed by atoms with Crippen LogP contribution in [0.4, 0.5) is 10.6 Å². The number of aromatic nitrogens is 2. The number of nitrogens with one attached hydrogen (secondary N) is 1.